The number of aryl methyl sites for hydroxylation is 1. The summed E-state index contributed by atoms with van der Waals surface area (Å²) in [5, 5.41) is 0. The van der Waals surface area contributed by atoms with Gasteiger partial charge in [0, 0.05) is 19.4 Å². The molecule has 6 nitrogen and oxygen atoms in total. The van der Waals surface area contributed by atoms with Gasteiger partial charge in [0.25, 0.3) is 0 Å². The predicted molar refractivity (Wildman–Crippen MR) is 166 cm³/mol. The molecule has 1 saturated heterocycles. The first kappa shape index (κ1) is 28.7. The minimum atomic E-state index is -0.563. The zero-order valence-electron chi connectivity index (χ0n) is 24.5. The summed E-state index contributed by atoms with van der Waals surface area (Å²) in [4.78, 5) is 27.0. The summed E-state index contributed by atoms with van der Waals surface area (Å²) in [6, 6.07) is 31.8. The molecule has 4 aromatic carbocycles. The molecule has 220 valence electrons. The second-order valence-corrected chi connectivity index (χ2v) is 11.3. The van der Waals surface area contributed by atoms with E-state index in [2.05, 4.69) is 65.6 Å². The second kappa shape index (κ2) is 13.3. The summed E-state index contributed by atoms with van der Waals surface area (Å²) in [7, 11) is 0. The number of hydrogen-bond acceptors (Lipinski definition) is 6. The Bertz CT molecular complexity index is 1560. The van der Waals surface area contributed by atoms with Gasteiger partial charge in [-0.1, -0.05) is 60.7 Å². The van der Waals surface area contributed by atoms with Gasteiger partial charge in [-0.2, -0.15) is 0 Å². The first-order valence-electron chi connectivity index (χ1n) is 15.2. The number of fused-ring (bicyclic) bond motifs is 1. The number of nitrogens with zero attached hydrogens (tertiary/aromatic N) is 1. The second-order valence-electron chi connectivity index (χ2n) is 11.3. The van der Waals surface area contributed by atoms with Gasteiger partial charge in [-0.3, -0.25) is 9.69 Å². The lowest BCUT2D eigenvalue weighted by atomic mass is 9.69. The van der Waals surface area contributed by atoms with E-state index in [1.54, 1.807) is 24.3 Å². The fourth-order valence-corrected chi connectivity index (χ4v) is 6.44. The zero-order chi connectivity index (χ0) is 29.6. The van der Waals surface area contributed by atoms with E-state index in [9.17, 15) is 9.59 Å². The Kier molecular flexibility index (Phi) is 8.85. The lowest BCUT2D eigenvalue weighted by molar-refractivity contribution is -0.131. The van der Waals surface area contributed by atoms with Crippen LogP contribution in [0.25, 0.3) is 0 Å². The fourth-order valence-electron chi connectivity index (χ4n) is 6.44. The molecule has 0 amide bonds. The van der Waals surface area contributed by atoms with Gasteiger partial charge in [0.1, 0.15) is 29.4 Å². The van der Waals surface area contributed by atoms with Crippen molar-refractivity contribution >= 4 is 11.9 Å². The van der Waals surface area contributed by atoms with Crippen LogP contribution in [0.3, 0.4) is 0 Å². The first-order valence-corrected chi connectivity index (χ1v) is 15.2. The molecule has 1 fully saturated rings. The van der Waals surface area contributed by atoms with Gasteiger partial charge >= 0.3 is 11.9 Å². The number of benzene rings is 4. The molecule has 2 aliphatic rings. The maximum absolute atomic E-state index is 13.1. The molecular weight excluding hydrogens is 538 g/mol. The standard InChI is InChI=1S/C37H37NO5/c1-26(39)42-35-12-6-5-11-34(35)37(40)43-31-18-20-33-29(25-31)15-19-32(27-9-3-2-4-10-27)36(33)28-13-16-30(17-14-28)41-24-23-38-21-7-8-22-38/h2-6,9-14,16-18,20,25,32,36H,7-8,15,19,21-24H2,1H3/t32-,36+/m1/s1. The Balaban J connectivity index is 1.24. The molecule has 1 aliphatic carbocycles. The summed E-state index contributed by atoms with van der Waals surface area (Å²) in [5.41, 5.74) is 5.17. The number of carbonyl (C=O) groups excluding carboxylic acids is 2. The highest BCUT2D eigenvalue weighted by atomic mass is 16.5. The predicted octanol–water partition coefficient (Wildman–Crippen LogP) is 7.17. The summed E-state index contributed by atoms with van der Waals surface area (Å²) in [6.45, 7) is 5.32. The van der Waals surface area contributed by atoms with Gasteiger partial charge < -0.3 is 14.2 Å². The van der Waals surface area contributed by atoms with Crippen LogP contribution >= 0.6 is 0 Å². The number of ether oxygens (including phenoxy) is 3. The van der Waals surface area contributed by atoms with Crippen LogP contribution in [0.5, 0.6) is 17.2 Å². The Labute approximate surface area is 253 Å². The van der Waals surface area contributed by atoms with Crippen molar-refractivity contribution in [3.8, 4) is 17.2 Å². The third-order valence-corrected chi connectivity index (χ3v) is 8.49. The van der Waals surface area contributed by atoms with Crippen molar-refractivity contribution in [1.82, 2.24) is 4.90 Å². The SMILES string of the molecule is CC(=O)Oc1ccccc1C(=O)Oc1ccc2c(c1)CC[C@H](c1ccccc1)[C@@H]2c1ccc(OCCN2CCCC2)cc1. The smallest absolute Gasteiger partial charge is 0.347 e. The molecule has 1 aliphatic heterocycles. The van der Waals surface area contributed by atoms with Crippen molar-refractivity contribution in [3.05, 3.63) is 125 Å². The van der Waals surface area contributed by atoms with Crippen molar-refractivity contribution < 1.29 is 23.8 Å². The van der Waals surface area contributed by atoms with Crippen molar-refractivity contribution in [2.75, 3.05) is 26.2 Å². The highest BCUT2D eigenvalue weighted by molar-refractivity contribution is 5.94. The molecule has 0 saturated carbocycles. The molecular formula is C37H37NO5. The number of para-hydroxylation sites is 1. The van der Waals surface area contributed by atoms with E-state index in [0.29, 0.717) is 18.3 Å². The topological polar surface area (TPSA) is 65.1 Å². The number of rotatable bonds is 9. The minimum absolute atomic E-state index is 0.152. The summed E-state index contributed by atoms with van der Waals surface area (Å²) >= 11 is 0. The number of hydrogen-bond donors (Lipinski definition) is 0. The van der Waals surface area contributed by atoms with E-state index in [-0.39, 0.29) is 17.2 Å². The normalized spacial score (nSPS) is 18.1. The lowest BCUT2D eigenvalue weighted by Crippen LogP contribution is -2.25. The van der Waals surface area contributed by atoms with Crippen LogP contribution in [0.1, 0.15) is 70.6 Å². The van der Waals surface area contributed by atoms with Crippen LogP contribution in [0, 0.1) is 0 Å². The maximum atomic E-state index is 13.1. The van der Waals surface area contributed by atoms with E-state index >= 15 is 0 Å². The molecule has 4 aromatic rings. The van der Waals surface area contributed by atoms with Crippen LogP contribution in [0.15, 0.2) is 97.1 Å². The van der Waals surface area contributed by atoms with Gasteiger partial charge in [-0.05, 0) is 103 Å². The highest BCUT2D eigenvalue weighted by Gasteiger charge is 2.32. The molecule has 6 heteroatoms. The fraction of sp³-hybridized carbons (Fsp3) is 0.297. The molecule has 2 atom stereocenters. The summed E-state index contributed by atoms with van der Waals surface area (Å²) < 4.78 is 17.1. The third kappa shape index (κ3) is 6.81. The molecule has 43 heavy (non-hydrogen) atoms. The monoisotopic (exact) mass is 575 g/mol. The first-order chi connectivity index (χ1) is 21.0. The van der Waals surface area contributed by atoms with Gasteiger partial charge in [0.05, 0.1) is 0 Å². The Hall–Kier alpha value is -4.42. The Morgan fingerprint density at radius 3 is 2.28 bits per heavy atom. The maximum Gasteiger partial charge on any atom is 0.347 e. The summed E-state index contributed by atoms with van der Waals surface area (Å²) in [6.07, 6.45) is 4.42. The van der Waals surface area contributed by atoms with Gasteiger partial charge in [0.15, 0.2) is 0 Å². The van der Waals surface area contributed by atoms with Crippen LogP contribution in [0.4, 0.5) is 0 Å². The van der Waals surface area contributed by atoms with Gasteiger partial charge in [-0.15, -0.1) is 0 Å². The Morgan fingerprint density at radius 2 is 1.51 bits per heavy atom. The van der Waals surface area contributed by atoms with Crippen molar-refractivity contribution in [2.24, 2.45) is 0 Å². The molecule has 6 rings (SSSR count). The average Bonchev–Trinajstić information content (AvgIpc) is 3.55. The third-order valence-electron chi connectivity index (χ3n) is 8.49. The zero-order valence-corrected chi connectivity index (χ0v) is 24.5. The van der Waals surface area contributed by atoms with Gasteiger partial charge in [-0.25, -0.2) is 4.79 Å². The van der Waals surface area contributed by atoms with Crippen molar-refractivity contribution in [1.29, 1.82) is 0 Å². The Morgan fingerprint density at radius 1 is 0.791 bits per heavy atom. The van der Waals surface area contributed by atoms with E-state index in [0.717, 1.165) is 25.1 Å². The van der Waals surface area contributed by atoms with Crippen molar-refractivity contribution in [3.63, 3.8) is 0 Å². The molecule has 0 radical (unpaired) electrons. The van der Waals surface area contributed by atoms with Crippen molar-refractivity contribution in [2.45, 2.75) is 44.4 Å². The van der Waals surface area contributed by atoms with Crippen LogP contribution in [0.2, 0.25) is 0 Å². The van der Waals surface area contributed by atoms with E-state index in [1.165, 1.54) is 55.1 Å². The average molecular weight is 576 g/mol. The van der Waals surface area contributed by atoms with E-state index < -0.39 is 11.9 Å². The largest absolute Gasteiger partial charge is 0.492 e. The number of esters is 2. The van der Waals surface area contributed by atoms with Crippen LogP contribution in [-0.4, -0.2) is 43.1 Å². The van der Waals surface area contributed by atoms with E-state index in [1.807, 2.05) is 12.1 Å². The minimum Gasteiger partial charge on any atom is -0.492 e. The van der Waals surface area contributed by atoms with Crippen LogP contribution in [-0.2, 0) is 11.2 Å². The lowest BCUT2D eigenvalue weighted by Gasteiger charge is -2.35. The molecule has 0 N–H and O–H groups in total. The molecule has 0 aromatic heterocycles. The highest BCUT2D eigenvalue weighted by Crippen LogP contribution is 2.47. The van der Waals surface area contributed by atoms with Crippen LogP contribution < -0.4 is 14.2 Å². The molecule has 0 spiro atoms. The molecule has 0 bridgehead atoms. The quantitative estimate of drug-likeness (QED) is 0.156. The summed E-state index contributed by atoms with van der Waals surface area (Å²) in [5.74, 6) is 0.971. The molecule has 1 heterocycles. The number of carbonyl (C=O) groups is 2. The number of likely N-dealkylation sites (tertiary alicyclic amines) is 1. The van der Waals surface area contributed by atoms with Gasteiger partial charge in [0.2, 0.25) is 0 Å². The molecule has 0 unspecified atom stereocenters. The van der Waals surface area contributed by atoms with E-state index in [4.69, 9.17) is 14.2 Å².